The number of ether oxygens (including phenoxy) is 1. The van der Waals surface area contributed by atoms with Crippen molar-refractivity contribution in [1.82, 2.24) is 10.2 Å². The minimum atomic E-state index is -4.49. The van der Waals surface area contributed by atoms with Crippen molar-refractivity contribution in [3.05, 3.63) is 59.1 Å². The zero-order chi connectivity index (χ0) is 19.7. The molecule has 0 radical (unpaired) electrons. The van der Waals surface area contributed by atoms with E-state index >= 15 is 0 Å². The monoisotopic (exact) mass is 415 g/mol. The Balaban J connectivity index is 1.79. The Morgan fingerprint density at radius 2 is 1.78 bits per heavy atom. The zero-order valence-electron chi connectivity index (χ0n) is 13.7. The predicted octanol–water partition coefficient (Wildman–Crippen LogP) is 4.46. The number of nitrogens with one attached hydrogen (secondary N) is 1. The average Bonchev–Trinajstić information content (AvgIpc) is 3.06. The highest BCUT2D eigenvalue weighted by atomic mass is 32.2. The second-order valence-corrected chi connectivity index (χ2v) is 7.97. The minimum absolute atomic E-state index is 0.00455. The lowest BCUT2D eigenvalue weighted by Gasteiger charge is -2.12. The van der Waals surface area contributed by atoms with Crippen LogP contribution in [0.5, 0.6) is 11.5 Å². The maximum atomic E-state index is 12.9. The van der Waals surface area contributed by atoms with Gasteiger partial charge in [-0.05, 0) is 55.0 Å². The van der Waals surface area contributed by atoms with E-state index in [1.54, 1.807) is 0 Å². The van der Waals surface area contributed by atoms with Gasteiger partial charge in [0.05, 0.1) is 10.5 Å². The van der Waals surface area contributed by atoms with Gasteiger partial charge in [-0.1, -0.05) is 11.3 Å². The van der Waals surface area contributed by atoms with Crippen molar-refractivity contribution in [3.63, 3.8) is 0 Å². The van der Waals surface area contributed by atoms with Crippen molar-refractivity contribution < 1.29 is 26.3 Å². The van der Waals surface area contributed by atoms with E-state index in [-0.39, 0.29) is 21.5 Å². The first-order chi connectivity index (χ1) is 12.6. The average molecular weight is 415 g/mol. The van der Waals surface area contributed by atoms with E-state index in [0.29, 0.717) is 5.56 Å². The molecule has 0 spiro atoms. The third kappa shape index (κ3) is 4.74. The SMILES string of the molecule is Cc1cc(Oc2ccc(S(=O)(=O)Nc3nncs3)cc2)cc(C(F)(F)F)c1. The number of hydrogen-bond donors (Lipinski definition) is 1. The van der Waals surface area contributed by atoms with Crippen LogP contribution < -0.4 is 9.46 Å². The summed E-state index contributed by atoms with van der Waals surface area (Å²) in [7, 11) is -3.85. The van der Waals surface area contributed by atoms with Gasteiger partial charge in [0, 0.05) is 0 Å². The van der Waals surface area contributed by atoms with Crippen LogP contribution in [0.25, 0.3) is 0 Å². The van der Waals surface area contributed by atoms with Crippen molar-refractivity contribution in [1.29, 1.82) is 0 Å². The molecule has 0 saturated heterocycles. The van der Waals surface area contributed by atoms with Crippen molar-refractivity contribution in [2.45, 2.75) is 18.0 Å². The summed E-state index contributed by atoms with van der Waals surface area (Å²) in [4.78, 5) is -0.0507. The van der Waals surface area contributed by atoms with Crippen molar-refractivity contribution >= 4 is 26.5 Å². The summed E-state index contributed by atoms with van der Waals surface area (Å²) in [5.74, 6) is 0.202. The van der Waals surface area contributed by atoms with Crippen LogP contribution in [0.15, 0.2) is 52.9 Å². The molecule has 3 aromatic rings. The van der Waals surface area contributed by atoms with E-state index in [4.69, 9.17) is 4.74 Å². The molecular formula is C16H12F3N3O3S2. The number of aryl methyl sites for hydroxylation is 1. The van der Waals surface area contributed by atoms with Crippen molar-refractivity contribution in [3.8, 4) is 11.5 Å². The van der Waals surface area contributed by atoms with E-state index in [0.717, 1.165) is 23.5 Å². The Bertz CT molecular complexity index is 1040. The molecule has 0 aliphatic carbocycles. The normalized spacial score (nSPS) is 12.0. The fraction of sp³-hybridized carbons (Fsp3) is 0.125. The molecular weight excluding hydrogens is 403 g/mol. The summed E-state index contributed by atoms with van der Waals surface area (Å²) in [5.41, 5.74) is 0.949. The highest BCUT2D eigenvalue weighted by Gasteiger charge is 2.31. The Kier molecular flexibility index (Phi) is 5.07. The first kappa shape index (κ1) is 19.1. The molecule has 27 heavy (non-hydrogen) atoms. The van der Waals surface area contributed by atoms with Crippen LogP contribution in [0, 0.1) is 6.92 Å². The highest BCUT2D eigenvalue weighted by molar-refractivity contribution is 7.93. The molecule has 142 valence electrons. The van der Waals surface area contributed by atoms with Gasteiger partial charge < -0.3 is 4.74 Å². The lowest BCUT2D eigenvalue weighted by atomic mass is 10.1. The third-order valence-electron chi connectivity index (χ3n) is 3.33. The summed E-state index contributed by atoms with van der Waals surface area (Å²) in [6.45, 7) is 1.52. The Hall–Kier alpha value is -2.66. The van der Waals surface area contributed by atoms with Gasteiger partial charge in [-0.3, -0.25) is 4.72 Å². The molecule has 6 nitrogen and oxygen atoms in total. The smallest absolute Gasteiger partial charge is 0.416 e. The second-order valence-electron chi connectivity index (χ2n) is 5.46. The fourth-order valence-corrected chi connectivity index (χ4v) is 3.88. The number of sulfonamides is 1. The minimum Gasteiger partial charge on any atom is -0.457 e. The fourth-order valence-electron chi connectivity index (χ4n) is 2.18. The van der Waals surface area contributed by atoms with Gasteiger partial charge in [-0.15, -0.1) is 10.2 Å². The summed E-state index contributed by atoms with van der Waals surface area (Å²) < 4.78 is 70.8. The molecule has 2 aromatic carbocycles. The molecule has 0 saturated carbocycles. The van der Waals surface area contributed by atoms with E-state index in [2.05, 4.69) is 14.9 Å². The Morgan fingerprint density at radius 3 is 2.37 bits per heavy atom. The molecule has 1 heterocycles. The molecule has 11 heteroatoms. The van der Waals surface area contributed by atoms with Gasteiger partial charge >= 0.3 is 6.18 Å². The lowest BCUT2D eigenvalue weighted by Crippen LogP contribution is -2.12. The maximum absolute atomic E-state index is 12.9. The topological polar surface area (TPSA) is 81.2 Å². The largest absolute Gasteiger partial charge is 0.457 e. The first-order valence-electron chi connectivity index (χ1n) is 7.39. The van der Waals surface area contributed by atoms with Gasteiger partial charge in [0.25, 0.3) is 10.0 Å². The lowest BCUT2D eigenvalue weighted by molar-refractivity contribution is -0.137. The van der Waals surface area contributed by atoms with Gasteiger partial charge in [-0.2, -0.15) is 13.2 Å². The van der Waals surface area contributed by atoms with Crippen LogP contribution in [0.2, 0.25) is 0 Å². The number of halogens is 3. The first-order valence-corrected chi connectivity index (χ1v) is 9.75. The van der Waals surface area contributed by atoms with Gasteiger partial charge in [0.1, 0.15) is 17.0 Å². The number of hydrogen-bond acceptors (Lipinski definition) is 6. The molecule has 0 aliphatic heterocycles. The molecule has 3 rings (SSSR count). The number of nitrogens with zero attached hydrogens (tertiary/aromatic N) is 2. The van der Waals surface area contributed by atoms with Crippen LogP contribution in [0.1, 0.15) is 11.1 Å². The van der Waals surface area contributed by atoms with Crippen LogP contribution in [0.3, 0.4) is 0 Å². The maximum Gasteiger partial charge on any atom is 0.416 e. The van der Waals surface area contributed by atoms with Gasteiger partial charge in [-0.25, -0.2) is 8.42 Å². The second kappa shape index (κ2) is 7.16. The summed E-state index contributed by atoms with van der Waals surface area (Å²) in [5, 5.41) is 7.25. The summed E-state index contributed by atoms with van der Waals surface area (Å²) in [6.07, 6.45) is -4.49. The third-order valence-corrected chi connectivity index (χ3v) is 5.42. The molecule has 0 unspecified atom stereocenters. The molecule has 0 bridgehead atoms. The molecule has 0 fully saturated rings. The van der Waals surface area contributed by atoms with Crippen molar-refractivity contribution in [2.24, 2.45) is 0 Å². The van der Waals surface area contributed by atoms with Crippen LogP contribution in [-0.4, -0.2) is 18.6 Å². The Labute approximate surface area is 156 Å². The number of alkyl halides is 3. The van der Waals surface area contributed by atoms with E-state index < -0.39 is 21.8 Å². The van der Waals surface area contributed by atoms with Gasteiger partial charge in [0.15, 0.2) is 0 Å². The number of rotatable bonds is 5. The van der Waals surface area contributed by atoms with E-state index in [1.165, 1.54) is 42.8 Å². The molecule has 1 N–H and O–H groups in total. The highest BCUT2D eigenvalue weighted by Crippen LogP contribution is 2.34. The molecule has 0 aliphatic rings. The number of aromatic nitrogens is 2. The standard InChI is InChI=1S/C16H12F3N3O3S2/c1-10-6-11(16(17,18)19)8-13(7-10)25-12-2-4-14(5-3-12)27(23,24)22-15-21-20-9-26-15/h2-9H,1H3,(H,21,22). The number of benzene rings is 2. The predicted molar refractivity (Wildman–Crippen MR) is 93.4 cm³/mol. The Morgan fingerprint density at radius 1 is 1.07 bits per heavy atom. The van der Waals surface area contributed by atoms with E-state index in [1.807, 2.05) is 0 Å². The number of anilines is 1. The van der Waals surface area contributed by atoms with Crippen LogP contribution in [0.4, 0.5) is 18.3 Å². The summed E-state index contributed by atoms with van der Waals surface area (Å²) >= 11 is 1.02. The molecule has 0 amide bonds. The van der Waals surface area contributed by atoms with E-state index in [9.17, 15) is 21.6 Å². The molecule has 1 aromatic heterocycles. The van der Waals surface area contributed by atoms with Crippen LogP contribution >= 0.6 is 11.3 Å². The zero-order valence-corrected chi connectivity index (χ0v) is 15.3. The summed E-state index contributed by atoms with van der Waals surface area (Å²) in [6, 6.07) is 8.61. The van der Waals surface area contributed by atoms with Crippen LogP contribution in [-0.2, 0) is 16.2 Å². The quantitative estimate of drug-likeness (QED) is 0.666. The molecule has 0 atom stereocenters. The van der Waals surface area contributed by atoms with Crippen molar-refractivity contribution in [2.75, 3.05) is 4.72 Å². The van der Waals surface area contributed by atoms with Gasteiger partial charge in [0.2, 0.25) is 5.13 Å².